The molecule has 2 rings (SSSR count). The quantitative estimate of drug-likeness (QED) is 0.0306. The number of Topliss-reactive ketones (excluding diaryl/α,β-unsaturated/α-hetero) is 2. The Bertz CT molecular complexity index is 1300. The van der Waals surface area contributed by atoms with Crippen LogP contribution >= 0.6 is 0 Å². The van der Waals surface area contributed by atoms with Gasteiger partial charge >= 0.3 is 5.97 Å². The van der Waals surface area contributed by atoms with Crippen LogP contribution in [0, 0.1) is 0 Å². The number of hydrogen-bond donors (Lipinski definition) is 7. The number of carbonyl (C=O) groups excluding carboxylic acids is 3. The number of ether oxygens (including phenoxy) is 3. The molecule has 0 saturated carbocycles. The Labute approximate surface area is 325 Å². The van der Waals surface area contributed by atoms with Gasteiger partial charge in [-0.3, -0.25) is 14.4 Å². The summed E-state index contributed by atoms with van der Waals surface area (Å²) in [6.45, 7) is 0.620. The van der Waals surface area contributed by atoms with E-state index < -0.39 is 42.8 Å². The molecule has 1 heterocycles. The first-order valence-corrected chi connectivity index (χ1v) is 20.0. The van der Waals surface area contributed by atoms with Crippen LogP contribution in [0.25, 0.3) is 0 Å². The number of carbonyl (C=O) groups is 4. The van der Waals surface area contributed by atoms with Crippen molar-refractivity contribution in [1.82, 2.24) is 5.32 Å². The lowest BCUT2D eigenvalue weighted by Gasteiger charge is -2.38. The van der Waals surface area contributed by atoms with Crippen LogP contribution in [-0.4, -0.2) is 111 Å². The Hall–Kier alpha value is -3.40. The Morgan fingerprint density at radius 3 is 1.91 bits per heavy atom. The Morgan fingerprint density at radius 1 is 0.745 bits per heavy atom. The first kappa shape index (κ1) is 47.8. The van der Waals surface area contributed by atoms with Crippen molar-refractivity contribution < 1.29 is 64.0 Å². The highest BCUT2D eigenvalue weighted by atomic mass is 16.7. The molecule has 312 valence electrons. The van der Waals surface area contributed by atoms with Crippen molar-refractivity contribution in [2.45, 2.75) is 165 Å². The largest absolute Gasteiger partial charge is 0.504 e. The molecule has 0 aliphatic carbocycles. The number of methoxy groups -OCH3 is 1. The van der Waals surface area contributed by atoms with Crippen LogP contribution in [0.2, 0.25) is 0 Å². The molecule has 0 spiro atoms. The van der Waals surface area contributed by atoms with Crippen LogP contribution in [0.4, 0.5) is 0 Å². The number of aliphatic hydroxyl groups excluding tert-OH is 3. The third-order valence-electron chi connectivity index (χ3n) is 9.77. The third-order valence-corrected chi connectivity index (χ3v) is 9.77. The molecule has 1 saturated heterocycles. The number of unbranched alkanes of at least 4 members (excludes halogenated alkanes) is 10. The maximum atomic E-state index is 12.4. The highest BCUT2D eigenvalue weighted by Gasteiger charge is 2.47. The predicted molar refractivity (Wildman–Crippen MR) is 204 cm³/mol. The number of nitrogens with one attached hydrogen (secondary N) is 1. The van der Waals surface area contributed by atoms with E-state index in [1.807, 2.05) is 6.08 Å². The summed E-state index contributed by atoms with van der Waals surface area (Å²) < 4.78 is 15.8. The van der Waals surface area contributed by atoms with Crippen LogP contribution in [0.3, 0.4) is 0 Å². The van der Waals surface area contributed by atoms with Crippen molar-refractivity contribution in [1.29, 1.82) is 0 Å². The summed E-state index contributed by atoms with van der Waals surface area (Å²) in [6.07, 6.45) is 11.3. The van der Waals surface area contributed by atoms with Crippen molar-refractivity contribution in [2.75, 3.05) is 20.3 Å². The molecule has 1 aromatic rings. The molecule has 14 nitrogen and oxygen atoms in total. The number of aliphatic hydroxyl groups is 3. The van der Waals surface area contributed by atoms with Crippen LogP contribution in [0.15, 0.2) is 30.4 Å². The van der Waals surface area contributed by atoms with Gasteiger partial charge in [-0.2, -0.15) is 0 Å². The number of benzene rings is 1. The zero-order chi connectivity index (χ0) is 40.4. The molecule has 0 radical (unpaired) electrons. The van der Waals surface area contributed by atoms with E-state index in [-0.39, 0.29) is 35.6 Å². The van der Waals surface area contributed by atoms with Crippen LogP contribution in [0.1, 0.15) is 128 Å². The van der Waals surface area contributed by atoms with E-state index in [9.17, 15) is 44.7 Å². The Balaban J connectivity index is 1.36. The number of aliphatic carboxylic acids is 1. The minimum absolute atomic E-state index is 0.180. The average molecular weight is 780 g/mol. The highest BCUT2D eigenvalue weighted by Crippen LogP contribution is 2.25. The highest BCUT2D eigenvalue weighted by molar-refractivity contribution is 5.81. The van der Waals surface area contributed by atoms with Gasteiger partial charge in [0.15, 0.2) is 23.9 Å². The Morgan fingerprint density at radius 2 is 1.31 bits per heavy atom. The van der Waals surface area contributed by atoms with Gasteiger partial charge in [0.05, 0.1) is 0 Å². The lowest BCUT2D eigenvalue weighted by Crippen LogP contribution is -2.60. The standard InChI is InChI=1S/C41H65NO13/c1-53-34(39(50)42-26-25-29-23-24-32(45)33(46)28-29)22-14-10-6-5-9-13-19-31(44)21-16-15-20-30(43)18-12-8-4-2-3-7-11-17-27-54-41-37(49)35(47)36(48)38(55-41)40(51)52/h6,10,23-24,28,34-38,41,45-49H,2-5,7-9,11-22,25-27H2,1H3,(H,42,50)(H,51,52)/b10-6-/t34-,35-,36-,37+,38-,41+/m0/s1. The third kappa shape index (κ3) is 19.8. The monoisotopic (exact) mass is 779 g/mol. The van der Waals surface area contributed by atoms with E-state index in [2.05, 4.69) is 11.4 Å². The van der Waals surface area contributed by atoms with Crippen molar-refractivity contribution in [2.24, 2.45) is 0 Å². The summed E-state index contributed by atoms with van der Waals surface area (Å²) in [5.41, 5.74) is 0.800. The lowest BCUT2D eigenvalue weighted by molar-refractivity contribution is -0.294. The molecule has 1 aliphatic heterocycles. The number of ketones is 2. The molecular weight excluding hydrogens is 714 g/mol. The SMILES string of the molecule is CO[C@@H](CC/C=C\CCCCC(=O)CCCCC(=O)CCCCCCCCCCO[C@@H]1O[C@H](C(=O)O)[C@@H](O)[C@H](O)[C@H]1O)C(=O)NCCc1ccc(O)c(O)c1. The van der Waals surface area contributed by atoms with E-state index in [1.54, 1.807) is 6.07 Å². The normalized spacial score (nSPS) is 20.4. The fourth-order valence-electron chi connectivity index (χ4n) is 6.36. The first-order valence-electron chi connectivity index (χ1n) is 20.0. The number of rotatable bonds is 31. The molecule has 7 N–H and O–H groups in total. The smallest absolute Gasteiger partial charge is 0.335 e. The van der Waals surface area contributed by atoms with E-state index in [1.165, 1.54) is 19.2 Å². The predicted octanol–water partition coefficient (Wildman–Crippen LogP) is 4.79. The topological polar surface area (TPSA) is 229 Å². The number of amides is 1. The fraction of sp³-hybridized carbons (Fsp3) is 0.707. The van der Waals surface area contributed by atoms with Gasteiger partial charge in [-0.15, -0.1) is 0 Å². The van der Waals surface area contributed by atoms with E-state index >= 15 is 0 Å². The molecule has 6 atom stereocenters. The van der Waals surface area contributed by atoms with Crippen LogP contribution in [-0.2, 0) is 39.8 Å². The number of carboxylic acid groups (broad SMARTS) is 1. The second-order valence-corrected chi connectivity index (χ2v) is 14.4. The fourth-order valence-corrected chi connectivity index (χ4v) is 6.36. The minimum Gasteiger partial charge on any atom is -0.504 e. The number of carboxylic acids is 1. The van der Waals surface area contributed by atoms with E-state index in [0.717, 1.165) is 82.6 Å². The second-order valence-electron chi connectivity index (χ2n) is 14.4. The van der Waals surface area contributed by atoms with Crippen molar-refractivity contribution in [3.8, 4) is 11.5 Å². The van der Waals surface area contributed by atoms with Gasteiger partial charge < -0.3 is 50.2 Å². The second kappa shape index (κ2) is 28.1. The van der Waals surface area contributed by atoms with Gasteiger partial charge in [-0.25, -0.2) is 4.79 Å². The summed E-state index contributed by atoms with van der Waals surface area (Å²) in [6, 6.07) is 4.58. The Kier molecular flexibility index (Phi) is 24.4. The van der Waals surface area contributed by atoms with E-state index in [0.29, 0.717) is 57.9 Å². The van der Waals surface area contributed by atoms with Crippen LogP contribution in [0.5, 0.6) is 11.5 Å². The van der Waals surface area contributed by atoms with Gasteiger partial charge in [0.2, 0.25) is 5.91 Å². The zero-order valence-corrected chi connectivity index (χ0v) is 32.4. The maximum absolute atomic E-state index is 12.4. The summed E-state index contributed by atoms with van der Waals surface area (Å²) in [5, 5.41) is 60.4. The van der Waals surface area contributed by atoms with E-state index in [4.69, 9.17) is 19.3 Å². The van der Waals surface area contributed by atoms with Gasteiger partial charge in [0.1, 0.15) is 36.0 Å². The summed E-state index contributed by atoms with van der Waals surface area (Å²) in [4.78, 5) is 48.1. The van der Waals surface area contributed by atoms with Gasteiger partial charge in [-0.1, -0.05) is 56.7 Å². The molecule has 0 aromatic heterocycles. The van der Waals surface area contributed by atoms with Crippen LogP contribution < -0.4 is 5.32 Å². The average Bonchev–Trinajstić information content (AvgIpc) is 3.16. The molecule has 0 unspecified atom stereocenters. The number of aromatic hydroxyl groups is 2. The number of allylic oxidation sites excluding steroid dienone is 2. The first-order chi connectivity index (χ1) is 26.4. The lowest BCUT2D eigenvalue weighted by atomic mass is 9.99. The molecule has 1 fully saturated rings. The number of phenols is 2. The summed E-state index contributed by atoms with van der Waals surface area (Å²) >= 11 is 0. The zero-order valence-electron chi connectivity index (χ0n) is 32.4. The summed E-state index contributed by atoms with van der Waals surface area (Å²) in [5.74, 6) is -1.50. The number of phenolic OH excluding ortho intramolecular Hbond substituents is 2. The van der Waals surface area contributed by atoms with Gasteiger partial charge in [-0.05, 0) is 81.9 Å². The van der Waals surface area contributed by atoms with Crippen molar-refractivity contribution >= 4 is 23.4 Å². The van der Waals surface area contributed by atoms with Crippen molar-refractivity contribution in [3.63, 3.8) is 0 Å². The van der Waals surface area contributed by atoms with Gasteiger partial charge in [0, 0.05) is 45.9 Å². The molecule has 55 heavy (non-hydrogen) atoms. The molecular formula is C41H65NO13. The summed E-state index contributed by atoms with van der Waals surface area (Å²) in [7, 11) is 1.51. The molecule has 1 aromatic carbocycles. The molecule has 14 heteroatoms. The van der Waals surface area contributed by atoms with Gasteiger partial charge in [0.25, 0.3) is 0 Å². The van der Waals surface area contributed by atoms with Crippen molar-refractivity contribution in [3.05, 3.63) is 35.9 Å². The molecule has 1 amide bonds. The molecule has 1 aliphatic rings. The minimum atomic E-state index is -1.73. The maximum Gasteiger partial charge on any atom is 0.335 e. The molecule has 0 bridgehead atoms. The number of hydrogen-bond acceptors (Lipinski definition) is 12.